The van der Waals surface area contributed by atoms with Gasteiger partial charge in [0.1, 0.15) is 24.4 Å². The quantitative estimate of drug-likeness (QED) is 0.171. The van der Waals surface area contributed by atoms with Crippen LogP contribution in [0.4, 0.5) is 0 Å². The van der Waals surface area contributed by atoms with Gasteiger partial charge in [-0.25, -0.2) is 0 Å². The van der Waals surface area contributed by atoms with Crippen molar-refractivity contribution in [2.75, 3.05) is 34.9 Å². The first-order chi connectivity index (χ1) is 26.5. The van der Waals surface area contributed by atoms with E-state index in [9.17, 15) is 9.59 Å². The molecule has 0 amide bonds. The summed E-state index contributed by atoms with van der Waals surface area (Å²) in [4.78, 5) is 30.7. The molecule has 17 atom stereocenters. The average Bonchev–Trinajstić information content (AvgIpc) is 3.73. The van der Waals surface area contributed by atoms with Crippen molar-refractivity contribution in [1.82, 2.24) is 4.90 Å². The summed E-state index contributed by atoms with van der Waals surface area (Å²) in [5, 5.41) is 0. The fraction of sp³-hybridized carbons (Fsp3) is 0.818. The van der Waals surface area contributed by atoms with Gasteiger partial charge in [0.05, 0.1) is 30.8 Å². The topological polar surface area (TPSA) is 111 Å². The summed E-state index contributed by atoms with van der Waals surface area (Å²) in [6, 6.07) is 0.330. The number of ketones is 1. The molecule has 0 radical (unpaired) electrons. The molecular formula is C44H69NO10. The fourth-order valence-corrected chi connectivity index (χ4v) is 10.6. The molecule has 11 nitrogen and oxygen atoms in total. The van der Waals surface area contributed by atoms with Gasteiger partial charge < -0.3 is 42.8 Å². The van der Waals surface area contributed by atoms with E-state index in [1.807, 2.05) is 26.8 Å². The third-order valence-corrected chi connectivity index (χ3v) is 13.4. The molecule has 1 saturated carbocycles. The Hall–Kier alpha value is -1.96. The highest BCUT2D eigenvalue weighted by atomic mass is 16.7. The number of ether oxygens (including phenoxy) is 8. The number of esters is 1. The number of Topliss-reactive ketones (excluding diaryl/α,β-unsaturated/α-hetero) is 1. The molecule has 3 heterocycles. The van der Waals surface area contributed by atoms with Crippen molar-refractivity contribution in [2.45, 2.75) is 160 Å². The van der Waals surface area contributed by atoms with E-state index < -0.39 is 12.4 Å². The van der Waals surface area contributed by atoms with E-state index >= 15 is 0 Å². The molecule has 11 heteroatoms. The number of carbonyl (C=O) groups is 2. The van der Waals surface area contributed by atoms with Gasteiger partial charge in [0, 0.05) is 38.7 Å². The largest absolute Gasteiger partial charge is 0.458 e. The van der Waals surface area contributed by atoms with Crippen molar-refractivity contribution in [1.29, 1.82) is 0 Å². The monoisotopic (exact) mass is 771 g/mol. The summed E-state index contributed by atoms with van der Waals surface area (Å²) in [5.41, 5.74) is 0.754. The van der Waals surface area contributed by atoms with Crippen molar-refractivity contribution in [3.8, 4) is 0 Å². The SMILES string of the molecule is CCC=C[C@H]1CCC[C@H](OC2CC[C@H](N(C)C)[C@@H](C)O2)[C@@H](C)C(=O)C2=CC3C(C=CC4C[C@@H](O[C@@H]5O[C@@H](C)[C@H](OC)[C@@H](OC)[C@H]5OCC)CC43)C2CC(=O)O1. The third kappa shape index (κ3) is 9.51. The van der Waals surface area contributed by atoms with Crippen molar-refractivity contribution in [2.24, 2.45) is 35.5 Å². The lowest BCUT2D eigenvalue weighted by Gasteiger charge is -2.44. The molecule has 0 spiro atoms. The first-order valence-electron chi connectivity index (χ1n) is 21.2. The third-order valence-electron chi connectivity index (χ3n) is 13.4. The number of carbonyl (C=O) groups excluding carboxylic acids is 2. The number of hydrogen-bond donors (Lipinski definition) is 0. The van der Waals surface area contributed by atoms with Crippen LogP contribution in [0.5, 0.6) is 0 Å². The predicted molar refractivity (Wildman–Crippen MR) is 208 cm³/mol. The van der Waals surface area contributed by atoms with Gasteiger partial charge in [0.2, 0.25) is 0 Å². The first-order valence-corrected chi connectivity index (χ1v) is 21.2. The number of likely N-dealkylation sites (N-methyl/N-ethyl adjacent to an activating group) is 1. The van der Waals surface area contributed by atoms with E-state index in [0.29, 0.717) is 25.5 Å². The minimum absolute atomic E-state index is 0.0265. The van der Waals surface area contributed by atoms with Crippen LogP contribution in [-0.2, 0) is 47.5 Å². The summed E-state index contributed by atoms with van der Waals surface area (Å²) in [5.74, 6) is -0.122. The van der Waals surface area contributed by atoms with Crippen LogP contribution < -0.4 is 0 Å². The van der Waals surface area contributed by atoms with Crippen molar-refractivity contribution < 1.29 is 47.5 Å². The highest BCUT2D eigenvalue weighted by Crippen LogP contribution is 2.54. The van der Waals surface area contributed by atoms with Crippen LogP contribution in [-0.4, -0.2) is 119 Å². The van der Waals surface area contributed by atoms with Crippen LogP contribution in [0.2, 0.25) is 0 Å². The van der Waals surface area contributed by atoms with Crippen LogP contribution in [0.1, 0.15) is 92.4 Å². The smallest absolute Gasteiger partial charge is 0.307 e. The van der Waals surface area contributed by atoms with Crippen LogP contribution in [0.25, 0.3) is 0 Å². The van der Waals surface area contributed by atoms with Crippen LogP contribution in [0.3, 0.4) is 0 Å². The summed E-state index contributed by atoms with van der Waals surface area (Å²) in [6.45, 7) is 10.6. The minimum Gasteiger partial charge on any atom is -0.458 e. The van der Waals surface area contributed by atoms with Crippen LogP contribution in [0, 0.1) is 35.5 Å². The summed E-state index contributed by atoms with van der Waals surface area (Å²) in [6.07, 6.45) is 14.6. The maximum absolute atomic E-state index is 14.8. The predicted octanol–water partition coefficient (Wildman–Crippen LogP) is 6.43. The number of rotatable bonds is 11. The lowest BCUT2D eigenvalue weighted by atomic mass is 9.70. The second-order valence-corrected chi connectivity index (χ2v) is 17.1. The molecule has 6 unspecified atom stereocenters. The minimum atomic E-state index is -0.595. The molecule has 0 N–H and O–H groups in total. The number of cyclic esters (lactones) is 1. The van der Waals surface area contributed by atoms with Gasteiger partial charge in [0.15, 0.2) is 18.4 Å². The Balaban J connectivity index is 1.22. The zero-order valence-electron chi connectivity index (χ0n) is 34.8. The second kappa shape index (κ2) is 19.2. The Morgan fingerprint density at radius 2 is 1.65 bits per heavy atom. The van der Waals surface area contributed by atoms with Gasteiger partial charge in [-0.15, -0.1) is 0 Å². The average molecular weight is 772 g/mol. The Labute approximate surface area is 329 Å². The zero-order valence-corrected chi connectivity index (χ0v) is 34.8. The number of methoxy groups -OCH3 is 2. The van der Waals surface area contributed by atoms with Gasteiger partial charge in [-0.2, -0.15) is 0 Å². The van der Waals surface area contributed by atoms with Crippen LogP contribution >= 0.6 is 0 Å². The normalized spacial score (nSPS) is 44.0. The van der Waals surface area contributed by atoms with E-state index in [-0.39, 0.29) is 103 Å². The maximum Gasteiger partial charge on any atom is 0.307 e. The molecular weight excluding hydrogens is 702 g/mol. The molecule has 0 bridgehead atoms. The van der Waals surface area contributed by atoms with E-state index in [0.717, 1.165) is 44.1 Å². The van der Waals surface area contributed by atoms with E-state index in [1.54, 1.807) is 14.2 Å². The molecule has 0 aromatic rings. The van der Waals surface area contributed by atoms with Gasteiger partial charge >= 0.3 is 5.97 Å². The van der Waals surface area contributed by atoms with Gasteiger partial charge in [-0.1, -0.05) is 38.2 Å². The van der Waals surface area contributed by atoms with Gasteiger partial charge in [-0.3, -0.25) is 9.59 Å². The number of allylic oxidation sites excluding steroid dienone is 5. The molecule has 0 aromatic heterocycles. The van der Waals surface area contributed by atoms with Crippen molar-refractivity contribution in [3.63, 3.8) is 0 Å². The van der Waals surface area contributed by atoms with Crippen LogP contribution in [0.15, 0.2) is 36.0 Å². The molecule has 0 aromatic carbocycles. The Kier molecular flexibility index (Phi) is 14.9. The summed E-state index contributed by atoms with van der Waals surface area (Å²) in [7, 11) is 7.53. The first kappa shape index (κ1) is 42.6. The Morgan fingerprint density at radius 1 is 0.873 bits per heavy atom. The highest BCUT2D eigenvalue weighted by molar-refractivity contribution is 5.99. The molecule has 3 aliphatic heterocycles. The second-order valence-electron chi connectivity index (χ2n) is 17.1. The number of hydrogen-bond acceptors (Lipinski definition) is 11. The van der Waals surface area contributed by atoms with Gasteiger partial charge in [-0.05, 0) is 122 Å². The molecule has 310 valence electrons. The molecule has 3 saturated heterocycles. The highest BCUT2D eigenvalue weighted by Gasteiger charge is 2.53. The van der Waals surface area contributed by atoms with Crippen molar-refractivity contribution >= 4 is 11.8 Å². The molecule has 6 aliphatic rings. The van der Waals surface area contributed by atoms with E-state index in [4.69, 9.17) is 37.9 Å². The fourth-order valence-electron chi connectivity index (χ4n) is 10.6. The molecule has 4 fully saturated rings. The molecule has 6 rings (SSSR count). The molecule has 55 heavy (non-hydrogen) atoms. The summed E-state index contributed by atoms with van der Waals surface area (Å²) >= 11 is 0. The lowest BCUT2D eigenvalue weighted by molar-refractivity contribution is -0.317. The van der Waals surface area contributed by atoms with E-state index in [1.165, 1.54) is 0 Å². The molecule has 3 aliphatic carbocycles. The Bertz CT molecular complexity index is 1380. The Morgan fingerprint density at radius 3 is 2.35 bits per heavy atom. The number of fused-ring (bicyclic) bond motifs is 5. The lowest BCUT2D eigenvalue weighted by Crippen LogP contribution is -2.60. The number of nitrogens with zero attached hydrogens (tertiary/aromatic N) is 1. The van der Waals surface area contributed by atoms with E-state index in [2.05, 4.69) is 57.1 Å². The standard InChI is InChI=1S/C44H69NO10/c1-10-12-14-29-15-13-16-37(55-39-20-19-36(45(6)7)26(4)51-39)25(3)40(47)35-23-33-31(34(35)24-38(46)53-29)18-17-28-21-30(22-32(28)33)54-44-43(50-11-2)42(49-9)41(48-8)27(5)52-44/h12,14,17-18,23,25-34,36-37,39,41-44H,10-11,13,15-16,19-22,24H2,1-9H3/t25-,26-,27+,28?,29+,30-,31?,32?,33?,34?,36+,37+,39?,41+,42-,43-,44+/m1/s1. The maximum atomic E-state index is 14.8. The van der Waals surface area contributed by atoms with Crippen molar-refractivity contribution in [3.05, 3.63) is 36.0 Å². The van der Waals surface area contributed by atoms with Gasteiger partial charge in [0.25, 0.3) is 0 Å². The summed E-state index contributed by atoms with van der Waals surface area (Å²) < 4.78 is 50.3. The zero-order chi connectivity index (χ0) is 39.4.